The second-order valence-electron chi connectivity index (χ2n) is 4.73. The van der Waals surface area contributed by atoms with Gasteiger partial charge in [0.15, 0.2) is 0 Å². The smallest absolute Gasteiger partial charge is 0.326 e. The Morgan fingerprint density at radius 3 is 2.10 bits per heavy atom. The van der Waals surface area contributed by atoms with Crippen molar-refractivity contribution in [1.82, 2.24) is 10.2 Å². The van der Waals surface area contributed by atoms with E-state index in [2.05, 4.69) is 5.32 Å². The summed E-state index contributed by atoms with van der Waals surface area (Å²) in [6, 6.07) is -1.76. The molecule has 0 unspecified atom stereocenters. The van der Waals surface area contributed by atoms with E-state index in [0.717, 1.165) is 12.8 Å². The average Bonchev–Trinajstić information content (AvgIpc) is 2.38. The maximum absolute atomic E-state index is 12.0. The topological polar surface area (TPSA) is 113 Å². The van der Waals surface area contributed by atoms with Crippen molar-refractivity contribution in [3.63, 3.8) is 0 Å². The zero-order chi connectivity index (χ0) is 15.7. The highest BCUT2D eigenvalue weighted by atomic mass is 16.4. The molecule has 7 heteroatoms. The summed E-state index contributed by atoms with van der Waals surface area (Å²) in [4.78, 5) is 35.4. The minimum absolute atomic E-state index is 0.375. The van der Waals surface area contributed by atoms with Gasteiger partial charge in [0, 0.05) is 13.1 Å². The fraction of sp³-hybridized carbons (Fsp3) is 0.769. The number of nitrogens with two attached hydrogens (primary N) is 1. The van der Waals surface area contributed by atoms with Crippen molar-refractivity contribution in [1.29, 1.82) is 0 Å². The molecule has 0 fully saturated rings. The number of carbonyl (C=O) groups is 3. The number of aliphatic carboxylic acids is 1. The van der Waals surface area contributed by atoms with Crippen LogP contribution in [0, 0.1) is 5.92 Å². The summed E-state index contributed by atoms with van der Waals surface area (Å²) < 4.78 is 0. The van der Waals surface area contributed by atoms with E-state index in [0.29, 0.717) is 19.0 Å². The second kappa shape index (κ2) is 9.17. The normalized spacial score (nSPS) is 12.0. The van der Waals surface area contributed by atoms with Crippen LogP contribution in [-0.2, 0) is 9.59 Å². The van der Waals surface area contributed by atoms with E-state index in [4.69, 9.17) is 10.8 Å². The Balaban J connectivity index is 4.65. The maximum Gasteiger partial charge on any atom is 0.326 e. The number of hydrogen-bond acceptors (Lipinski definition) is 3. The summed E-state index contributed by atoms with van der Waals surface area (Å²) in [5, 5.41) is 11.3. The van der Waals surface area contributed by atoms with Crippen molar-refractivity contribution < 1.29 is 19.5 Å². The Morgan fingerprint density at radius 2 is 1.75 bits per heavy atom. The largest absolute Gasteiger partial charge is 0.480 e. The van der Waals surface area contributed by atoms with Crippen LogP contribution < -0.4 is 11.1 Å². The molecule has 0 radical (unpaired) electrons. The van der Waals surface area contributed by atoms with E-state index in [1.165, 1.54) is 0 Å². The number of primary amides is 1. The lowest BCUT2D eigenvalue weighted by Crippen LogP contribution is -2.50. The van der Waals surface area contributed by atoms with Crippen LogP contribution in [-0.4, -0.2) is 47.0 Å². The molecule has 0 aliphatic rings. The SMILES string of the molecule is CCC(CC)CN(CC)C(=O)N[C@@H](CC(N)=O)C(=O)O. The minimum atomic E-state index is -1.28. The van der Waals surface area contributed by atoms with Crippen LogP contribution >= 0.6 is 0 Å². The lowest BCUT2D eigenvalue weighted by Gasteiger charge is -2.27. The number of amides is 3. The highest BCUT2D eigenvalue weighted by Gasteiger charge is 2.25. The summed E-state index contributed by atoms with van der Waals surface area (Å²) >= 11 is 0. The van der Waals surface area contributed by atoms with E-state index >= 15 is 0 Å². The van der Waals surface area contributed by atoms with Gasteiger partial charge in [-0.2, -0.15) is 0 Å². The summed E-state index contributed by atoms with van der Waals surface area (Å²) in [6.45, 7) is 6.97. The Hall–Kier alpha value is -1.79. The number of urea groups is 1. The van der Waals surface area contributed by atoms with Gasteiger partial charge in [-0.05, 0) is 12.8 Å². The fourth-order valence-corrected chi connectivity index (χ4v) is 1.86. The first-order valence-corrected chi connectivity index (χ1v) is 6.92. The van der Waals surface area contributed by atoms with Gasteiger partial charge in [0.25, 0.3) is 0 Å². The van der Waals surface area contributed by atoms with Crippen molar-refractivity contribution in [3.8, 4) is 0 Å². The lowest BCUT2D eigenvalue weighted by atomic mass is 10.0. The maximum atomic E-state index is 12.0. The Morgan fingerprint density at radius 1 is 1.20 bits per heavy atom. The molecule has 116 valence electrons. The standard InChI is InChI=1S/C13H25N3O4/c1-4-9(5-2)8-16(6-3)13(20)15-10(12(18)19)7-11(14)17/h9-10H,4-8H2,1-3H3,(H2,14,17)(H,15,20)(H,18,19)/t10-/m0/s1. The number of carboxylic acid groups (broad SMARTS) is 1. The number of rotatable bonds is 9. The highest BCUT2D eigenvalue weighted by molar-refractivity contribution is 5.87. The monoisotopic (exact) mass is 287 g/mol. The Labute approximate surface area is 119 Å². The van der Waals surface area contributed by atoms with Crippen LogP contribution in [0.4, 0.5) is 4.79 Å². The lowest BCUT2D eigenvalue weighted by molar-refractivity contribution is -0.140. The molecule has 0 rings (SSSR count). The molecule has 4 N–H and O–H groups in total. The summed E-state index contributed by atoms with van der Waals surface area (Å²) in [6.07, 6.45) is 1.48. The van der Waals surface area contributed by atoms with Gasteiger partial charge in [-0.25, -0.2) is 9.59 Å². The molecule has 20 heavy (non-hydrogen) atoms. The number of carbonyl (C=O) groups excluding carboxylic acids is 2. The fourth-order valence-electron chi connectivity index (χ4n) is 1.86. The number of nitrogens with one attached hydrogen (secondary N) is 1. The third kappa shape index (κ3) is 6.40. The van der Waals surface area contributed by atoms with Gasteiger partial charge in [0.05, 0.1) is 6.42 Å². The highest BCUT2D eigenvalue weighted by Crippen LogP contribution is 2.10. The van der Waals surface area contributed by atoms with Crippen LogP contribution in [0.15, 0.2) is 0 Å². The quantitative estimate of drug-likeness (QED) is 0.581. The first-order chi connectivity index (χ1) is 9.35. The zero-order valence-corrected chi connectivity index (χ0v) is 12.4. The van der Waals surface area contributed by atoms with Gasteiger partial charge < -0.3 is 21.1 Å². The zero-order valence-electron chi connectivity index (χ0n) is 12.4. The van der Waals surface area contributed by atoms with Gasteiger partial charge in [-0.3, -0.25) is 4.79 Å². The van der Waals surface area contributed by atoms with E-state index in [1.54, 1.807) is 4.90 Å². The average molecular weight is 287 g/mol. The van der Waals surface area contributed by atoms with Crippen LogP contribution in [0.1, 0.15) is 40.0 Å². The first kappa shape index (κ1) is 18.2. The minimum Gasteiger partial charge on any atom is -0.480 e. The number of carboxylic acids is 1. The van der Waals surface area contributed by atoms with Gasteiger partial charge in [0.1, 0.15) is 6.04 Å². The molecule has 0 aromatic rings. The Kier molecular flexibility index (Phi) is 8.35. The van der Waals surface area contributed by atoms with Crippen molar-refractivity contribution in [2.75, 3.05) is 13.1 Å². The summed E-state index contributed by atoms with van der Waals surface area (Å²) in [5.41, 5.74) is 4.97. The summed E-state index contributed by atoms with van der Waals surface area (Å²) in [5.74, 6) is -1.66. The number of nitrogens with zero attached hydrogens (tertiary/aromatic N) is 1. The van der Waals surface area contributed by atoms with E-state index in [9.17, 15) is 14.4 Å². The third-order valence-corrected chi connectivity index (χ3v) is 3.30. The molecule has 7 nitrogen and oxygen atoms in total. The van der Waals surface area contributed by atoms with E-state index in [1.807, 2.05) is 20.8 Å². The van der Waals surface area contributed by atoms with Crippen molar-refractivity contribution in [3.05, 3.63) is 0 Å². The van der Waals surface area contributed by atoms with Crippen LogP contribution in [0.25, 0.3) is 0 Å². The predicted molar refractivity (Wildman–Crippen MR) is 75.1 cm³/mol. The van der Waals surface area contributed by atoms with Gasteiger partial charge in [0.2, 0.25) is 5.91 Å². The molecule has 0 saturated carbocycles. The van der Waals surface area contributed by atoms with Gasteiger partial charge in [-0.15, -0.1) is 0 Å². The first-order valence-electron chi connectivity index (χ1n) is 6.92. The molecule has 0 saturated heterocycles. The summed E-state index contributed by atoms with van der Waals surface area (Å²) in [7, 11) is 0. The molecule has 3 amide bonds. The predicted octanol–water partition coefficient (Wildman–Crippen LogP) is 0.783. The molecule has 1 atom stereocenters. The Bertz CT molecular complexity index is 343. The van der Waals surface area contributed by atoms with Crippen LogP contribution in [0.5, 0.6) is 0 Å². The molecular formula is C13H25N3O4. The molecule has 0 bridgehead atoms. The molecule has 0 aliphatic carbocycles. The molecule has 0 aromatic carbocycles. The third-order valence-electron chi connectivity index (χ3n) is 3.30. The second-order valence-corrected chi connectivity index (χ2v) is 4.73. The van der Waals surface area contributed by atoms with Crippen LogP contribution in [0.3, 0.4) is 0 Å². The molecular weight excluding hydrogens is 262 g/mol. The molecule has 0 spiro atoms. The number of hydrogen-bond donors (Lipinski definition) is 3. The van der Waals surface area contributed by atoms with E-state index in [-0.39, 0.29) is 0 Å². The van der Waals surface area contributed by atoms with Gasteiger partial charge >= 0.3 is 12.0 Å². The van der Waals surface area contributed by atoms with Gasteiger partial charge in [-0.1, -0.05) is 26.7 Å². The van der Waals surface area contributed by atoms with E-state index < -0.39 is 30.4 Å². The molecule has 0 aliphatic heterocycles. The van der Waals surface area contributed by atoms with Crippen molar-refractivity contribution in [2.24, 2.45) is 11.7 Å². The molecule has 0 heterocycles. The van der Waals surface area contributed by atoms with Crippen molar-refractivity contribution in [2.45, 2.75) is 46.1 Å². The van der Waals surface area contributed by atoms with Crippen molar-refractivity contribution >= 4 is 17.9 Å². The van der Waals surface area contributed by atoms with Crippen LogP contribution in [0.2, 0.25) is 0 Å². The molecule has 0 aromatic heterocycles.